The third kappa shape index (κ3) is 3.58. The van der Waals surface area contributed by atoms with Crippen molar-refractivity contribution in [3.63, 3.8) is 0 Å². The number of fused-ring (bicyclic) bond motifs is 1. The smallest absolute Gasteiger partial charge is 0.320 e. The SMILES string of the molecule is CCc1nc(NC(=O)N[C@H](C)c2ccc(F)cc2)cc2[nH]nc(OC)c12. The van der Waals surface area contributed by atoms with Crippen LogP contribution in [0.3, 0.4) is 0 Å². The molecular formula is C18H20FN5O2. The molecule has 0 saturated carbocycles. The predicted molar refractivity (Wildman–Crippen MR) is 96.8 cm³/mol. The van der Waals surface area contributed by atoms with E-state index in [1.54, 1.807) is 25.3 Å². The first-order valence-electron chi connectivity index (χ1n) is 8.26. The summed E-state index contributed by atoms with van der Waals surface area (Å²) in [4.78, 5) is 16.7. The number of nitrogens with zero attached hydrogens (tertiary/aromatic N) is 2. The van der Waals surface area contributed by atoms with E-state index in [1.807, 2.05) is 13.8 Å². The lowest BCUT2D eigenvalue weighted by Crippen LogP contribution is -2.31. The van der Waals surface area contributed by atoms with Gasteiger partial charge in [-0.3, -0.25) is 10.4 Å². The molecule has 0 unspecified atom stereocenters. The second kappa shape index (κ2) is 7.38. The van der Waals surface area contributed by atoms with Crippen molar-refractivity contribution in [3.8, 4) is 5.88 Å². The molecule has 3 N–H and O–H groups in total. The van der Waals surface area contributed by atoms with Gasteiger partial charge < -0.3 is 10.1 Å². The van der Waals surface area contributed by atoms with Gasteiger partial charge >= 0.3 is 6.03 Å². The quantitative estimate of drug-likeness (QED) is 0.651. The van der Waals surface area contributed by atoms with Gasteiger partial charge in [0.05, 0.1) is 29.7 Å². The molecule has 7 nitrogen and oxygen atoms in total. The summed E-state index contributed by atoms with van der Waals surface area (Å²) in [7, 11) is 1.55. The second-order valence-electron chi connectivity index (χ2n) is 5.83. The summed E-state index contributed by atoms with van der Waals surface area (Å²) >= 11 is 0. The zero-order valence-corrected chi connectivity index (χ0v) is 14.8. The highest BCUT2D eigenvalue weighted by molar-refractivity contribution is 5.93. The van der Waals surface area contributed by atoms with E-state index in [0.717, 1.165) is 22.2 Å². The number of carbonyl (C=O) groups is 1. The number of aromatic amines is 1. The molecule has 3 rings (SSSR count). The molecule has 26 heavy (non-hydrogen) atoms. The number of ether oxygens (including phenoxy) is 1. The number of aryl methyl sites for hydroxylation is 1. The topological polar surface area (TPSA) is 91.9 Å². The maximum atomic E-state index is 13.0. The van der Waals surface area contributed by atoms with Crippen LogP contribution in [-0.2, 0) is 6.42 Å². The van der Waals surface area contributed by atoms with Crippen molar-refractivity contribution >= 4 is 22.8 Å². The van der Waals surface area contributed by atoms with E-state index in [0.29, 0.717) is 18.1 Å². The third-order valence-electron chi connectivity index (χ3n) is 4.07. The highest BCUT2D eigenvalue weighted by Gasteiger charge is 2.15. The van der Waals surface area contributed by atoms with Crippen molar-refractivity contribution in [2.24, 2.45) is 0 Å². The van der Waals surface area contributed by atoms with Gasteiger partial charge in [-0.25, -0.2) is 14.2 Å². The van der Waals surface area contributed by atoms with Crippen LogP contribution < -0.4 is 15.4 Å². The Morgan fingerprint density at radius 3 is 2.73 bits per heavy atom. The molecule has 2 heterocycles. The number of anilines is 1. The molecule has 0 spiro atoms. The monoisotopic (exact) mass is 357 g/mol. The average Bonchev–Trinajstić information content (AvgIpc) is 3.04. The molecule has 1 atom stereocenters. The van der Waals surface area contributed by atoms with Crippen LogP contribution in [0, 0.1) is 5.82 Å². The minimum absolute atomic E-state index is 0.280. The first-order valence-corrected chi connectivity index (χ1v) is 8.26. The summed E-state index contributed by atoms with van der Waals surface area (Å²) in [6.07, 6.45) is 0.662. The van der Waals surface area contributed by atoms with Crippen molar-refractivity contribution < 1.29 is 13.9 Å². The molecule has 0 bridgehead atoms. The van der Waals surface area contributed by atoms with E-state index in [1.165, 1.54) is 12.1 Å². The van der Waals surface area contributed by atoms with Crippen LogP contribution in [0.2, 0.25) is 0 Å². The van der Waals surface area contributed by atoms with Crippen LogP contribution >= 0.6 is 0 Å². The number of urea groups is 1. The Bertz CT molecular complexity index is 923. The molecular weight excluding hydrogens is 337 g/mol. The fourth-order valence-electron chi connectivity index (χ4n) is 2.74. The normalized spacial score (nSPS) is 12.0. The maximum Gasteiger partial charge on any atom is 0.320 e. The van der Waals surface area contributed by atoms with Gasteiger partial charge in [-0.05, 0) is 31.0 Å². The first-order chi connectivity index (χ1) is 12.5. The number of benzene rings is 1. The van der Waals surface area contributed by atoms with Crippen LogP contribution in [0.5, 0.6) is 5.88 Å². The Labute approximate surface area is 150 Å². The van der Waals surface area contributed by atoms with Gasteiger partial charge in [-0.2, -0.15) is 0 Å². The molecule has 3 aromatic rings. The fraction of sp³-hybridized carbons (Fsp3) is 0.278. The van der Waals surface area contributed by atoms with Crippen molar-refractivity contribution in [1.29, 1.82) is 0 Å². The average molecular weight is 357 g/mol. The lowest BCUT2D eigenvalue weighted by Gasteiger charge is -2.15. The van der Waals surface area contributed by atoms with Gasteiger partial charge in [0.25, 0.3) is 0 Å². The number of pyridine rings is 1. The van der Waals surface area contributed by atoms with Crippen molar-refractivity contribution in [3.05, 3.63) is 47.4 Å². The number of halogens is 1. The summed E-state index contributed by atoms with van der Waals surface area (Å²) < 4.78 is 18.2. The molecule has 0 aliphatic carbocycles. The largest absolute Gasteiger partial charge is 0.479 e. The summed E-state index contributed by atoms with van der Waals surface area (Å²) in [5.41, 5.74) is 2.31. The predicted octanol–water partition coefficient (Wildman–Crippen LogP) is 3.55. The van der Waals surface area contributed by atoms with Crippen molar-refractivity contribution in [2.75, 3.05) is 12.4 Å². The summed E-state index contributed by atoms with van der Waals surface area (Å²) in [5, 5.41) is 13.3. The Balaban J connectivity index is 1.75. The van der Waals surface area contributed by atoms with Crippen LogP contribution in [0.15, 0.2) is 30.3 Å². The number of methoxy groups -OCH3 is 1. The molecule has 2 amide bonds. The lowest BCUT2D eigenvalue weighted by molar-refractivity contribution is 0.249. The lowest BCUT2D eigenvalue weighted by atomic mass is 10.1. The Morgan fingerprint density at radius 2 is 2.08 bits per heavy atom. The molecule has 8 heteroatoms. The summed E-state index contributed by atoms with van der Waals surface area (Å²) in [6.45, 7) is 3.79. The number of aromatic nitrogens is 3. The number of nitrogens with one attached hydrogen (secondary N) is 3. The molecule has 0 aliphatic rings. The zero-order valence-electron chi connectivity index (χ0n) is 14.8. The van der Waals surface area contributed by atoms with E-state index < -0.39 is 6.03 Å². The standard InChI is InChI=1S/C18H20FN5O2/c1-4-13-16-14(23-24-17(16)26-3)9-15(21-13)22-18(25)20-10(2)11-5-7-12(19)8-6-11/h5-10H,4H2,1-3H3,(H,23,24)(H2,20,21,22,25)/t10-/m1/s1. The van der Waals surface area contributed by atoms with Gasteiger partial charge in [0.15, 0.2) is 0 Å². The zero-order chi connectivity index (χ0) is 18.7. The van der Waals surface area contributed by atoms with Gasteiger partial charge in [0.1, 0.15) is 11.6 Å². The number of H-pyrrole nitrogens is 1. The number of amides is 2. The van der Waals surface area contributed by atoms with Crippen LogP contribution in [0.4, 0.5) is 15.0 Å². The number of carbonyl (C=O) groups excluding carboxylic acids is 1. The minimum atomic E-state index is -0.401. The molecule has 2 aromatic heterocycles. The second-order valence-corrected chi connectivity index (χ2v) is 5.83. The number of hydrogen-bond acceptors (Lipinski definition) is 4. The van der Waals surface area contributed by atoms with Crippen molar-refractivity contribution in [2.45, 2.75) is 26.3 Å². The number of rotatable bonds is 5. The Morgan fingerprint density at radius 1 is 1.35 bits per heavy atom. The number of hydrogen-bond donors (Lipinski definition) is 3. The Hall–Kier alpha value is -3.16. The molecule has 136 valence electrons. The molecule has 0 radical (unpaired) electrons. The highest BCUT2D eigenvalue weighted by Crippen LogP contribution is 2.27. The van der Waals surface area contributed by atoms with E-state index in [4.69, 9.17) is 4.74 Å². The van der Waals surface area contributed by atoms with Gasteiger partial charge in [-0.1, -0.05) is 19.1 Å². The first kappa shape index (κ1) is 17.7. The fourth-order valence-corrected chi connectivity index (χ4v) is 2.74. The van der Waals surface area contributed by atoms with E-state index in [2.05, 4.69) is 25.8 Å². The molecule has 0 saturated heterocycles. The van der Waals surface area contributed by atoms with E-state index in [9.17, 15) is 9.18 Å². The minimum Gasteiger partial charge on any atom is -0.479 e. The van der Waals surface area contributed by atoms with Gasteiger partial charge in [0, 0.05) is 6.07 Å². The molecule has 0 aliphatic heterocycles. The van der Waals surface area contributed by atoms with Crippen LogP contribution in [0.25, 0.3) is 10.9 Å². The van der Waals surface area contributed by atoms with E-state index in [-0.39, 0.29) is 11.9 Å². The van der Waals surface area contributed by atoms with E-state index >= 15 is 0 Å². The third-order valence-corrected chi connectivity index (χ3v) is 4.07. The Kier molecular flexibility index (Phi) is 5.01. The highest BCUT2D eigenvalue weighted by atomic mass is 19.1. The molecule has 1 aromatic carbocycles. The summed E-state index contributed by atoms with van der Waals surface area (Å²) in [5.74, 6) is 0.569. The molecule has 0 fully saturated rings. The van der Waals surface area contributed by atoms with Crippen molar-refractivity contribution in [1.82, 2.24) is 20.5 Å². The maximum absolute atomic E-state index is 13.0. The van der Waals surface area contributed by atoms with Gasteiger partial charge in [0.2, 0.25) is 5.88 Å². The summed E-state index contributed by atoms with van der Waals surface area (Å²) in [6, 6.07) is 7.01. The van der Waals surface area contributed by atoms with Crippen LogP contribution in [-0.4, -0.2) is 28.3 Å². The van der Waals surface area contributed by atoms with Crippen LogP contribution in [0.1, 0.15) is 31.1 Å². The van der Waals surface area contributed by atoms with Gasteiger partial charge in [-0.15, -0.1) is 5.10 Å².